The van der Waals surface area contributed by atoms with E-state index in [1.807, 2.05) is 6.92 Å². The van der Waals surface area contributed by atoms with Crippen LogP contribution in [0.2, 0.25) is 0 Å². The summed E-state index contributed by atoms with van der Waals surface area (Å²) in [5.74, 6) is -0.636. The molecule has 0 spiro atoms. The van der Waals surface area contributed by atoms with Crippen molar-refractivity contribution in [2.45, 2.75) is 64.7 Å². The van der Waals surface area contributed by atoms with E-state index >= 15 is 0 Å². The highest BCUT2D eigenvalue weighted by Gasteiger charge is 2.58. The highest BCUT2D eigenvalue weighted by Crippen LogP contribution is 2.60. The number of hydrogen-bond donors (Lipinski definition) is 4. The Morgan fingerprint density at radius 3 is 2.50 bits per heavy atom. The van der Waals surface area contributed by atoms with Gasteiger partial charge in [-0.25, -0.2) is 4.39 Å². The molecule has 6 heteroatoms. The van der Waals surface area contributed by atoms with Gasteiger partial charge in [0, 0.05) is 18.4 Å². The van der Waals surface area contributed by atoms with E-state index in [0.29, 0.717) is 19.4 Å². The normalized spacial score (nSPS) is 37.9. The lowest BCUT2D eigenvalue weighted by atomic mass is 9.46. The van der Waals surface area contributed by atoms with Crippen LogP contribution in [0.25, 0.3) is 0 Å². The molecule has 0 aromatic heterocycles. The fourth-order valence-electron chi connectivity index (χ4n) is 5.68. The van der Waals surface area contributed by atoms with Crippen LogP contribution in [-0.4, -0.2) is 40.0 Å². The van der Waals surface area contributed by atoms with Crippen LogP contribution in [-0.2, 0) is 11.3 Å². The Bertz CT molecular complexity index is 696. The SMILES string of the molecule is CC1(CO)C(O)CCC2(C)C(CC(=O)NCc3ccc(F)cc3)C(O)CCC12. The molecule has 1 aromatic rings. The van der Waals surface area contributed by atoms with Crippen molar-refractivity contribution in [3.8, 4) is 0 Å². The minimum atomic E-state index is -0.615. The summed E-state index contributed by atoms with van der Waals surface area (Å²) in [7, 11) is 0. The van der Waals surface area contributed by atoms with Crippen molar-refractivity contribution in [3.05, 3.63) is 35.6 Å². The molecule has 5 nitrogen and oxygen atoms in total. The molecule has 0 radical (unpaired) electrons. The van der Waals surface area contributed by atoms with Crippen molar-refractivity contribution >= 4 is 5.91 Å². The third-order valence-electron chi connectivity index (χ3n) is 7.52. The van der Waals surface area contributed by atoms with Gasteiger partial charge < -0.3 is 20.6 Å². The molecule has 1 amide bonds. The Hall–Kier alpha value is -1.50. The number of carbonyl (C=O) groups is 1. The van der Waals surface area contributed by atoms with Gasteiger partial charge >= 0.3 is 0 Å². The summed E-state index contributed by atoms with van der Waals surface area (Å²) < 4.78 is 13.0. The molecule has 2 aliphatic carbocycles. The molecule has 3 rings (SSSR count). The van der Waals surface area contributed by atoms with Crippen LogP contribution in [0, 0.1) is 28.5 Å². The first-order chi connectivity index (χ1) is 13.2. The molecule has 0 saturated heterocycles. The monoisotopic (exact) mass is 393 g/mol. The molecule has 0 bridgehead atoms. The van der Waals surface area contributed by atoms with Crippen LogP contribution in [0.15, 0.2) is 24.3 Å². The summed E-state index contributed by atoms with van der Waals surface area (Å²) in [6.07, 6.45) is 1.64. The number of benzene rings is 1. The maximum Gasteiger partial charge on any atom is 0.220 e. The fraction of sp³-hybridized carbons (Fsp3) is 0.682. The van der Waals surface area contributed by atoms with Gasteiger partial charge in [-0.05, 0) is 60.6 Å². The Morgan fingerprint density at radius 2 is 1.86 bits per heavy atom. The van der Waals surface area contributed by atoms with Crippen LogP contribution in [0.1, 0.15) is 51.5 Å². The van der Waals surface area contributed by atoms with E-state index in [1.54, 1.807) is 12.1 Å². The summed E-state index contributed by atoms with van der Waals surface area (Å²) in [5.41, 5.74) is -0.117. The molecular formula is C22H32FNO4. The molecule has 2 saturated carbocycles. The maximum absolute atomic E-state index is 13.0. The largest absolute Gasteiger partial charge is 0.396 e. The van der Waals surface area contributed by atoms with Gasteiger partial charge in [0.05, 0.1) is 18.8 Å². The number of fused-ring (bicyclic) bond motifs is 1. The van der Waals surface area contributed by atoms with E-state index in [4.69, 9.17) is 0 Å². The number of nitrogens with one attached hydrogen (secondary N) is 1. The second kappa shape index (κ2) is 8.09. The standard InChI is InChI=1S/C22H32FNO4/c1-21-10-9-19(27)22(2,13-25)18(21)8-7-17(26)16(21)11-20(28)24-12-14-3-5-15(23)6-4-14/h3-6,16-19,25-27H,7-13H2,1-2H3,(H,24,28). The number of amides is 1. The molecule has 28 heavy (non-hydrogen) atoms. The third kappa shape index (κ3) is 3.82. The Balaban J connectivity index is 1.71. The highest BCUT2D eigenvalue weighted by atomic mass is 19.1. The Labute approximate surface area is 166 Å². The first-order valence-electron chi connectivity index (χ1n) is 10.2. The first kappa shape index (κ1) is 21.2. The summed E-state index contributed by atoms with van der Waals surface area (Å²) in [5, 5.41) is 34.1. The predicted molar refractivity (Wildman–Crippen MR) is 104 cm³/mol. The zero-order chi connectivity index (χ0) is 20.5. The number of hydrogen-bond acceptors (Lipinski definition) is 4. The zero-order valence-corrected chi connectivity index (χ0v) is 16.7. The molecule has 156 valence electrons. The summed E-state index contributed by atoms with van der Waals surface area (Å²) in [4.78, 5) is 12.6. The van der Waals surface area contributed by atoms with Crippen LogP contribution in [0.3, 0.4) is 0 Å². The molecule has 2 aliphatic rings. The first-order valence-corrected chi connectivity index (χ1v) is 10.2. The van der Waals surface area contributed by atoms with Gasteiger partial charge in [0.15, 0.2) is 0 Å². The number of halogens is 1. The zero-order valence-electron chi connectivity index (χ0n) is 16.7. The van der Waals surface area contributed by atoms with Gasteiger partial charge in [0.25, 0.3) is 0 Å². The van der Waals surface area contributed by atoms with Gasteiger partial charge in [-0.2, -0.15) is 0 Å². The highest BCUT2D eigenvalue weighted by molar-refractivity contribution is 5.76. The van der Waals surface area contributed by atoms with E-state index in [-0.39, 0.29) is 42.0 Å². The summed E-state index contributed by atoms with van der Waals surface area (Å²) in [6.45, 7) is 4.23. The minimum absolute atomic E-state index is 0.0482. The molecule has 0 heterocycles. The van der Waals surface area contributed by atoms with Crippen LogP contribution in [0.4, 0.5) is 4.39 Å². The van der Waals surface area contributed by atoms with Crippen molar-refractivity contribution in [3.63, 3.8) is 0 Å². The quantitative estimate of drug-likeness (QED) is 0.618. The van der Waals surface area contributed by atoms with E-state index < -0.39 is 17.6 Å². The molecule has 0 aliphatic heterocycles. The van der Waals surface area contributed by atoms with Crippen LogP contribution < -0.4 is 5.32 Å². The number of carbonyl (C=O) groups excluding carboxylic acids is 1. The fourth-order valence-corrected chi connectivity index (χ4v) is 5.68. The minimum Gasteiger partial charge on any atom is -0.396 e. The molecule has 4 N–H and O–H groups in total. The van der Waals surface area contributed by atoms with Crippen molar-refractivity contribution in [1.82, 2.24) is 5.32 Å². The average Bonchev–Trinajstić information content (AvgIpc) is 2.67. The predicted octanol–water partition coefficient (Wildman–Crippen LogP) is 2.38. The summed E-state index contributed by atoms with van der Waals surface area (Å²) >= 11 is 0. The Kier molecular flexibility index (Phi) is 6.13. The smallest absolute Gasteiger partial charge is 0.220 e. The van der Waals surface area contributed by atoms with Crippen molar-refractivity contribution in [1.29, 1.82) is 0 Å². The van der Waals surface area contributed by atoms with Crippen molar-refractivity contribution < 1.29 is 24.5 Å². The van der Waals surface area contributed by atoms with Gasteiger partial charge in [-0.15, -0.1) is 0 Å². The summed E-state index contributed by atoms with van der Waals surface area (Å²) in [6, 6.07) is 6.00. The van der Waals surface area contributed by atoms with E-state index in [1.165, 1.54) is 12.1 Å². The van der Waals surface area contributed by atoms with Gasteiger partial charge in [0.1, 0.15) is 5.82 Å². The lowest BCUT2D eigenvalue weighted by molar-refractivity contribution is -0.185. The molecular weight excluding hydrogens is 361 g/mol. The number of rotatable bonds is 5. The van der Waals surface area contributed by atoms with E-state index in [2.05, 4.69) is 12.2 Å². The van der Waals surface area contributed by atoms with Crippen molar-refractivity contribution in [2.75, 3.05) is 6.61 Å². The maximum atomic E-state index is 13.0. The van der Waals surface area contributed by atoms with Gasteiger partial charge in [0.2, 0.25) is 5.91 Å². The lowest BCUT2D eigenvalue weighted by Gasteiger charge is -2.60. The van der Waals surface area contributed by atoms with Crippen LogP contribution in [0.5, 0.6) is 0 Å². The van der Waals surface area contributed by atoms with E-state index in [0.717, 1.165) is 18.4 Å². The number of aliphatic hydroxyl groups excluding tert-OH is 3. The van der Waals surface area contributed by atoms with Crippen molar-refractivity contribution in [2.24, 2.45) is 22.7 Å². The lowest BCUT2D eigenvalue weighted by Crippen LogP contribution is -2.60. The Morgan fingerprint density at radius 1 is 1.18 bits per heavy atom. The second-order valence-corrected chi connectivity index (χ2v) is 9.14. The third-order valence-corrected chi connectivity index (χ3v) is 7.52. The topological polar surface area (TPSA) is 89.8 Å². The molecule has 6 unspecified atom stereocenters. The van der Waals surface area contributed by atoms with Crippen LogP contribution >= 0.6 is 0 Å². The number of aliphatic hydroxyl groups is 3. The average molecular weight is 393 g/mol. The van der Waals surface area contributed by atoms with E-state index in [9.17, 15) is 24.5 Å². The molecule has 6 atom stereocenters. The molecule has 1 aromatic carbocycles. The van der Waals surface area contributed by atoms with Gasteiger partial charge in [-0.3, -0.25) is 4.79 Å². The van der Waals surface area contributed by atoms with Gasteiger partial charge in [-0.1, -0.05) is 26.0 Å². The molecule has 2 fully saturated rings. The second-order valence-electron chi connectivity index (χ2n) is 9.14.